The summed E-state index contributed by atoms with van der Waals surface area (Å²) in [5.41, 5.74) is 0.759. The van der Waals surface area contributed by atoms with E-state index in [4.69, 9.17) is 9.47 Å². The van der Waals surface area contributed by atoms with Crippen molar-refractivity contribution in [2.24, 2.45) is 0 Å². The molecule has 174 valence electrons. The Labute approximate surface area is 182 Å². The van der Waals surface area contributed by atoms with Crippen molar-refractivity contribution in [1.82, 2.24) is 10.6 Å². The minimum absolute atomic E-state index is 0.0720. The van der Waals surface area contributed by atoms with Crippen LogP contribution in [0, 0.1) is 0 Å². The van der Waals surface area contributed by atoms with Gasteiger partial charge in [0.2, 0.25) is 5.91 Å². The molecule has 0 bridgehead atoms. The highest BCUT2D eigenvalue weighted by Gasteiger charge is 2.32. The van der Waals surface area contributed by atoms with Gasteiger partial charge in [-0.25, -0.2) is 0 Å². The number of amides is 1. The van der Waals surface area contributed by atoms with E-state index in [0.717, 1.165) is 17.7 Å². The monoisotopic (exact) mass is 452 g/mol. The average molecular weight is 453 g/mol. The summed E-state index contributed by atoms with van der Waals surface area (Å²) in [5, 5.41) is 6.54. The van der Waals surface area contributed by atoms with Gasteiger partial charge in [0.25, 0.3) is 0 Å². The summed E-state index contributed by atoms with van der Waals surface area (Å²) in [6, 6.07) is 0. The molecule has 0 spiro atoms. The van der Waals surface area contributed by atoms with Gasteiger partial charge in [-0.2, -0.15) is 13.2 Å². The first-order valence-corrected chi connectivity index (χ1v) is 11.1. The molecule has 0 aromatic carbocycles. The molecule has 0 saturated carbocycles. The van der Waals surface area contributed by atoms with Gasteiger partial charge in [0.15, 0.2) is 0 Å². The maximum Gasteiger partial charge on any atom is 0.389 e. The third-order valence-corrected chi connectivity index (χ3v) is 5.92. The fraction of sp³-hybridized carbons (Fsp3) is 0.762. The minimum Gasteiger partial charge on any atom is -0.382 e. The number of ether oxygens (including phenoxy) is 2. The second-order valence-corrected chi connectivity index (χ2v) is 9.26. The Balaban J connectivity index is 2.79. The van der Waals surface area contributed by atoms with Crippen LogP contribution >= 0.6 is 11.8 Å². The quantitative estimate of drug-likeness (QED) is 0.426. The van der Waals surface area contributed by atoms with E-state index in [2.05, 4.69) is 17.6 Å². The Morgan fingerprint density at radius 1 is 1.20 bits per heavy atom. The number of thioether (sulfide) groups is 1. The van der Waals surface area contributed by atoms with Gasteiger partial charge in [-0.05, 0) is 58.7 Å². The molecule has 1 aliphatic rings. The largest absolute Gasteiger partial charge is 0.389 e. The number of alkyl halides is 3. The van der Waals surface area contributed by atoms with Gasteiger partial charge >= 0.3 is 6.18 Å². The van der Waals surface area contributed by atoms with E-state index in [1.165, 1.54) is 17.3 Å². The maximum absolute atomic E-state index is 12.7. The molecular weight excluding hydrogens is 417 g/mol. The van der Waals surface area contributed by atoms with Crippen LogP contribution in [0.4, 0.5) is 13.2 Å². The number of hydrogen-bond acceptors (Lipinski definition) is 5. The summed E-state index contributed by atoms with van der Waals surface area (Å²) in [4.78, 5) is 12.7. The maximum atomic E-state index is 12.7. The van der Waals surface area contributed by atoms with Crippen molar-refractivity contribution in [1.29, 1.82) is 0 Å². The topological polar surface area (TPSA) is 59.6 Å². The van der Waals surface area contributed by atoms with Crippen LogP contribution in [0.2, 0.25) is 0 Å². The van der Waals surface area contributed by atoms with Gasteiger partial charge in [0.05, 0.1) is 29.4 Å². The third-order valence-electron chi connectivity index (χ3n) is 4.89. The van der Waals surface area contributed by atoms with Crippen LogP contribution in [0.25, 0.3) is 0 Å². The molecule has 1 amide bonds. The first kappa shape index (κ1) is 27.0. The molecule has 0 aromatic heterocycles. The predicted octanol–water partition coefficient (Wildman–Crippen LogP) is 4.55. The fourth-order valence-corrected chi connectivity index (χ4v) is 4.03. The Morgan fingerprint density at radius 3 is 2.43 bits per heavy atom. The molecule has 9 heteroatoms. The van der Waals surface area contributed by atoms with Crippen molar-refractivity contribution in [3.8, 4) is 0 Å². The molecular formula is C21H35F3N2O3S. The standard InChI is InChI=1S/C21H35F3N2O3S/c1-7-15-14-30-17(13-16(15)20(4,5)29-12-11-28-6)26-18(27)19(2,3)25-10-8-9-21(22,23)24/h13,25H,7-12,14H2,1-6H3,(H,26,27). The fourth-order valence-electron chi connectivity index (χ4n) is 2.98. The molecule has 0 aromatic rings. The van der Waals surface area contributed by atoms with Gasteiger partial charge in [-0.3, -0.25) is 4.79 Å². The molecule has 0 fully saturated rings. The van der Waals surface area contributed by atoms with Gasteiger partial charge < -0.3 is 20.1 Å². The summed E-state index contributed by atoms with van der Waals surface area (Å²) in [5.74, 6) is 0.458. The zero-order valence-electron chi connectivity index (χ0n) is 18.8. The van der Waals surface area contributed by atoms with Crippen molar-refractivity contribution in [2.75, 3.05) is 32.6 Å². The summed E-state index contributed by atoms with van der Waals surface area (Å²) >= 11 is 1.53. The van der Waals surface area contributed by atoms with E-state index in [0.29, 0.717) is 18.2 Å². The third kappa shape index (κ3) is 8.99. The summed E-state index contributed by atoms with van der Waals surface area (Å²) in [7, 11) is 1.62. The van der Waals surface area contributed by atoms with Crippen molar-refractivity contribution in [3.63, 3.8) is 0 Å². The lowest BCUT2D eigenvalue weighted by Gasteiger charge is -2.33. The van der Waals surface area contributed by atoms with Crippen LogP contribution in [0.3, 0.4) is 0 Å². The van der Waals surface area contributed by atoms with E-state index in [-0.39, 0.29) is 18.9 Å². The van der Waals surface area contributed by atoms with Crippen LogP contribution in [0.5, 0.6) is 0 Å². The highest BCUT2D eigenvalue weighted by molar-refractivity contribution is 8.03. The molecule has 5 nitrogen and oxygen atoms in total. The lowest BCUT2D eigenvalue weighted by Crippen LogP contribution is -2.52. The van der Waals surface area contributed by atoms with Crippen molar-refractivity contribution in [2.45, 2.75) is 71.2 Å². The highest BCUT2D eigenvalue weighted by Crippen LogP contribution is 2.35. The summed E-state index contributed by atoms with van der Waals surface area (Å²) in [6.45, 7) is 10.5. The van der Waals surface area contributed by atoms with E-state index < -0.39 is 23.7 Å². The Bertz CT molecular complexity index is 644. The van der Waals surface area contributed by atoms with E-state index in [1.54, 1.807) is 21.0 Å². The zero-order valence-corrected chi connectivity index (χ0v) is 19.6. The summed E-state index contributed by atoms with van der Waals surface area (Å²) in [6.07, 6.45) is -2.31. The SMILES string of the molecule is CCC1=C(C(C)(C)OCCOC)C=C(NC(=O)C(C)(C)NCCCC(F)(F)F)SC1. The number of halogens is 3. The first-order chi connectivity index (χ1) is 13.8. The molecule has 0 atom stereocenters. The predicted molar refractivity (Wildman–Crippen MR) is 115 cm³/mol. The van der Waals surface area contributed by atoms with Crippen LogP contribution in [-0.4, -0.2) is 55.8 Å². The number of nitrogens with one attached hydrogen (secondary N) is 2. The highest BCUT2D eigenvalue weighted by atomic mass is 32.2. The number of hydrogen-bond donors (Lipinski definition) is 2. The smallest absolute Gasteiger partial charge is 0.382 e. The molecule has 1 heterocycles. The van der Waals surface area contributed by atoms with Crippen molar-refractivity contribution in [3.05, 3.63) is 22.3 Å². The van der Waals surface area contributed by atoms with Gasteiger partial charge in [0.1, 0.15) is 0 Å². The number of carbonyl (C=O) groups is 1. The minimum atomic E-state index is -4.19. The molecule has 2 N–H and O–H groups in total. The average Bonchev–Trinajstić information content (AvgIpc) is 2.64. The van der Waals surface area contributed by atoms with Crippen LogP contribution in [0.15, 0.2) is 22.3 Å². The Morgan fingerprint density at radius 2 is 1.87 bits per heavy atom. The molecule has 30 heavy (non-hydrogen) atoms. The van der Waals surface area contributed by atoms with Gasteiger partial charge in [-0.1, -0.05) is 12.5 Å². The zero-order chi connectivity index (χ0) is 23.0. The van der Waals surface area contributed by atoms with Crippen LogP contribution in [0.1, 0.15) is 53.9 Å². The second-order valence-electron chi connectivity index (χ2n) is 8.24. The normalized spacial score (nSPS) is 16.0. The number of carbonyl (C=O) groups excluding carboxylic acids is 1. The van der Waals surface area contributed by atoms with Crippen LogP contribution in [-0.2, 0) is 14.3 Å². The molecule has 0 saturated heterocycles. The number of rotatable bonds is 12. The van der Waals surface area contributed by atoms with Crippen molar-refractivity contribution >= 4 is 17.7 Å². The van der Waals surface area contributed by atoms with E-state index >= 15 is 0 Å². The van der Waals surface area contributed by atoms with E-state index in [1.807, 2.05) is 19.9 Å². The molecule has 0 aliphatic carbocycles. The number of methoxy groups -OCH3 is 1. The summed E-state index contributed by atoms with van der Waals surface area (Å²) < 4.78 is 48.0. The van der Waals surface area contributed by atoms with Crippen molar-refractivity contribution < 1.29 is 27.4 Å². The van der Waals surface area contributed by atoms with Gasteiger partial charge in [0, 0.05) is 19.3 Å². The molecule has 1 rings (SSSR count). The second kappa shape index (κ2) is 11.5. The Kier molecular flexibility index (Phi) is 10.4. The molecule has 0 unspecified atom stereocenters. The molecule has 1 aliphatic heterocycles. The van der Waals surface area contributed by atoms with Crippen LogP contribution < -0.4 is 10.6 Å². The Hall–Kier alpha value is -1.03. The van der Waals surface area contributed by atoms with E-state index in [9.17, 15) is 18.0 Å². The van der Waals surface area contributed by atoms with Gasteiger partial charge in [-0.15, -0.1) is 11.8 Å². The first-order valence-electron chi connectivity index (χ1n) is 10.2. The lowest BCUT2D eigenvalue weighted by molar-refractivity contribution is -0.135. The molecule has 0 radical (unpaired) electrons. The lowest BCUT2D eigenvalue weighted by atomic mass is 9.91.